The largest absolute Gasteiger partial charge is 0.238 e. The molecule has 0 saturated heterocycles. The first-order valence-electron chi connectivity index (χ1n) is 4.35. The molecule has 9 heteroatoms. The van der Waals surface area contributed by atoms with Gasteiger partial charge < -0.3 is 0 Å². The highest BCUT2D eigenvalue weighted by molar-refractivity contribution is 7.90. The molecule has 0 aliphatic heterocycles. The normalized spacial score (nSPS) is 12.7. The number of hydrogen-bond donors (Lipinski definition) is 2. The predicted octanol–water partition coefficient (Wildman–Crippen LogP) is -0.780. The molecule has 7 nitrogen and oxygen atoms in total. The predicted molar refractivity (Wildman–Crippen MR) is 58.3 cm³/mol. The van der Waals surface area contributed by atoms with Crippen LogP contribution in [-0.2, 0) is 31.8 Å². The summed E-state index contributed by atoms with van der Waals surface area (Å²) < 4.78 is 45.0. The second-order valence-corrected chi connectivity index (χ2v) is 6.44. The van der Waals surface area contributed by atoms with Crippen LogP contribution in [0.3, 0.4) is 0 Å². The summed E-state index contributed by atoms with van der Waals surface area (Å²) in [4.78, 5) is -0.835. The topological polar surface area (TPSA) is 140 Å². The number of nitrogens with two attached hydrogens (primary N) is 2. The molecule has 0 aromatic heterocycles. The first-order valence-corrected chi connectivity index (χ1v) is 7.44. The van der Waals surface area contributed by atoms with E-state index in [-0.39, 0.29) is 16.0 Å². The van der Waals surface area contributed by atoms with Gasteiger partial charge in [-0.25, -0.2) is 32.2 Å². The lowest BCUT2D eigenvalue weighted by atomic mass is 10.1. The summed E-state index contributed by atoms with van der Waals surface area (Å²) in [7, 11) is -8.24. The Hall–Kier alpha value is -1.00. The number of benzene rings is 1. The summed E-state index contributed by atoms with van der Waals surface area (Å²) in [5.74, 6) is 0. The molecule has 1 aromatic carbocycles. The van der Waals surface area contributed by atoms with Gasteiger partial charge in [-0.15, -0.1) is 0 Å². The van der Waals surface area contributed by atoms with Crippen LogP contribution in [0, 0.1) is 6.92 Å². The molecular weight excluding hydrogens is 268 g/mol. The van der Waals surface area contributed by atoms with Gasteiger partial charge in [0.15, 0.2) is 0 Å². The molecule has 0 aliphatic carbocycles. The lowest BCUT2D eigenvalue weighted by Gasteiger charge is -2.11. The van der Waals surface area contributed by atoms with E-state index in [0.29, 0.717) is 0 Å². The fourth-order valence-corrected chi connectivity index (χ4v) is 3.43. The highest BCUT2D eigenvalue weighted by Crippen LogP contribution is 2.25. The summed E-state index contributed by atoms with van der Waals surface area (Å²) in [6, 6.07) is 2.19. The lowest BCUT2D eigenvalue weighted by molar-refractivity contribution is 0.175. The van der Waals surface area contributed by atoms with Gasteiger partial charge in [0.1, 0.15) is 6.61 Å². The SMILES string of the molecule is Cc1c(S(N)(=O)=O)ccc(C[O])c1S(N)(=O)=O. The Kier molecular flexibility index (Phi) is 3.60. The molecular formula is C8H11N2O5S2. The van der Waals surface area contributed by atoms with E-state index < -0.39 is 31.5 Å². The van der Waals surface area contributed by atoms with Crippen molar-refractivity contribution in [3.63, 3.8) is 0 Å². The summed E-state index contributed by atoms with van der Waals surface area (Å²) in [5.41, 5.74) is -0.222. The highest BCUT2D eigenvalue weighted by atomic mass is 32.2. The molecule has 0 atom stereocenters. The molecule has 0 amide bonds. The second kappa shape index (κ2) is 4.35. The maximum atomic E-state index is 11.3. The van der Waals surface area contributed by atoms with E-state index in [9.17, 15) is 21.9 Å². The van der Waals surface area contributed by atoms with E-state index >= 15 is 0 Å². The smallest absolute Gasteiger partial charge is 0.232 e. The minimum atomic E-state index is -4.18. The molecule has 0 aliphatic rings. The maximum Gasteiger partial charge on any atom is 0.238 e. The molecule has 1 radical (unpaired) electrons. The summed E-state index contributed by atoms with van der Waals surface area (Å²) in [6.45, 7) is 0.413. The molecule has 4 N–H and O–H groups in total. The molecule has 0 heterocycles. The van der Waals surface area contributed by atoms with Crippen LogP contribution >= 0.6 is 0 Å². The second-order valence-electron chi connectivity index (χ2n) is 3.41. The Morgan fingerprint density at radius 1 is 1.06 bits per heavy atom. The van der Waals surface area contributed by atoms with Gasteiger partial charge in [0.25, 0.3) is 0 Å². The lowest BCUT2D eigenvalue weighted by Crippen LogP contribution is -2.20. The number of sulfonamides is 2. The summed E-state index contributed by atoms with van der Waals surface area (Å²) in [5, 5.41) is 20.7. The van der Waals surface area contributed by atoms with Crippen LogP contribution in [0.1, 0.15) is 11.1 Å². The van der Waals surface area contributed by atoms with Crippen LogP contribution in [0.2, 0.25) is 0 Å². The third-order valence-electron chi connectivity index (χ3n) is 2.18. The van der Waals surface area contributed by atoms with E-state index in [0.717, 1.165) is 12.1 Å². The third-order valence-corrected chi connectivity index (χ3v) is 4.38. The Morgan fingerprint density at radius 2 is 1.59 bits per heavy atom. The number of rotatable bonds is 3. The molecule has 0 spiro atoms. The zero-order chi connectivity index (χ0) is 13.4. The van der Waals surface area contributed by atoms with Crippen molar-refractivity contribution in [2.75, 3.05) is 0 Å². The fourth-order valence-electron chi connectivity index (χ4n) is 1.55. The van der Waals surface area contributed by atoms with Crippen molar-refractivity contribution in [1.82, 2.24) is 0 Å². The molecule has 0 bridgehead atoms. The van der Waals surface area contributed by atoms with Gasteiger partial charge in [-0.05, 0) is 18.6 Å². The van der Waals surface area contributed by atoms with Crippen LogP contribution in [0.25, 0.3) is 0 Å². The quantitative estimate of drug-likeness (QED) is 0.748. The van der Waals surface area contributed by atoms with Crippen LogP contribution in [0.5, 0.6) is 0 Å². The van der Waals surface area contributed by atoms with Gasteiger partial charge in [0, 0.05) is 5.56 Å². The standard InChI is InChI=1S/C8H11N2O5S2/c1-5-7(16(9,12)13)3-2-6(4-11)8(5)17(10,14)15/h2-3H,4H2,1H3,(H2,9,12,13)(H2,10,14,15). The van der Waals surface area contributed by atoms with Gasteiger partial charge in [-0.2, -0.15) is 0 Å². The zero-order valence-electron chi connectivity index (χ0n) is 8.87. The van der Waals surface area contributed by atoms with Crippen molar-refractivity contribution in [2.45, 2.75) is 23.3 Å². The Bertz CT molecular complexity index is 649. The third kappa shape index (κ3) is 2.82. The maximum absolute atomic E-state index is 11.3. The van der Waals surface area contributed by atoms with Crippen LogP contribution in [0.4, 0.5) is 0 Å². The first kappa shape index (κ1) is 14.1. The van der Waals surface area contributed by atoms with Crippen LogP contribution < -0.4 is 10.3 Å². The van der Waals surface area contributed by atoms with Gasteiger partial charge in [0.05, 0.1) is 9.79 Å². The first-order chi connectivity index (χ1) is 7.59. The van der Waals surface area contributed by atoms with E-state index in [1.807, 2.05) is 0 Å². The minimum absolute atomic E-state index is 0.0857. The van der Waals surface area contributed by atoms with Gasteiger partial charge in [0.2, 0.25) is 20.0 Å². The van der Waals surface area contributed by atoms with Crippen molar-refractivity contribution in [1.29, 1.82) is 0 Å². The van der Waals surface area contributed by atoms with E-state index in [1.165, 1.54) is 6.92 Å². The fraction of sp³-hybridized carbons (Fsp3) is 0.250. The molecule has 95 valence electrons. The Labute approximate surface area is 99.2 Å². The molecule has 0 unspecified atom stereocenters. The zero-order valence-corrected chi connectivity index (χ0v) is 10.5. The molecule has 0 fully saturated rings. The number of hydrogen-bond acceptors (Lipinski definition) is 4. The van der Waals surface area contributed by atoms with Crippen LogP contribution in [-0.4, -0.2) is 16.8 Å². The van der Waals surface area contributed by atoms with Gasteiger partial charge in [-0.1, -0.05) is 6.07 Å². The highest BCUT2D eigenvalue weighted by Gasteiger charge is 2.23. The van der Waals surface area contributed by atoms with Crippen molar-refractivity contribution in [3.05, 3.63) is 23.3 Å². The van der Waals surface area contributed by atoms with E-state index in [1.54, 1.807) is 0 Å². The Morgan fingerprint density at radius 3 is 1.94 bits per heavy atom. The molecule has 1 rings (SSSR count). The average molecular weight is 279 g/mol. The van der Waals surface area contributed by atoms with E-state index in [4.69, 9.17) is 10.3 Å². The van der Waals surface area contributed by atoms with Crippen molar-refractivity contribution < 1.29 is 21.9 Å². The van der Waals surface area contributed by atoms with Crippen LogP contribution in [0.15, 0.2) is 21.9 Å². The summed E-state index contributed by atoms with van der Waals surface area (Å²) >= 11 is 0. The van der Waals surface area contributed by atoms with E-state index in [2.05, 4.69) is 0 Å². The minimum Gasteiger partial charge on any atom is -0.232 e. The van der Waals surface area contributed by atoms with Crippen molar-refractivity contribution in [2.24, 2.45) is 10.3 Å². The molecule has 17 heavy (non-hydrogen) atoms. The van der Waals surface area contributed by atoms with Crippen molar-refractivity contribution in [3.8, 4) is 0 Å². The summed E-state index contributed by atoms with van der Waals surface area (Å²) in [6.07, 6.45) is 0. The number of primary sulfonamides is 2. The molecule has 1 aromatic rings. The monoisotopic (exact) mass is 279 g/mol. The Balaban J connectivity index is 3.80. The van der Waals surface area contributed by atoms with Gasteiger partial charge in [-0.3, -0.25) is 0 Å². The molecule has 0 saturated carbocycles. The van der Waals surface area contributed by atoms with Crippen molar-refractivity contribution >= 4 is 20.0 Å². The van der Waals surface area contributed by atoms with Gasteiger partial charge >= 0.3 is 0 Å². The average Bonchev–Trinajstić information content (AvgIpc) is 2.12.